The van der Waals surface area contributed by atoms with Gasteiger partial charge in [-0.25, -0.2) is 13.8 Å². The lowest BCUT2D eigenvalue weighted by Crippen LogP contribution is -2.31. The van der Waals surface area contributed by atoms with E-state index in [0.717, 1.165) is 16.9 Å². The summed E-state index contributed by atoms with van der Waals surface area (Å²) in [5.41, 5.74) is 5.66. The maximum Gasteiger partial charge on any atom is 0.271 e. The fourth-order valence-corrected chi connectivity index (χ4v) is 5.63. The lowest BCUT2D eigenvalue weighted by atomic mass is 10.1. The van der Waals surface area contributed by atoms with Gasteiger partial charge in [0, 0.05) is 10.6 Å². The van der Waals surface area contributed by atoms with Crippen LogP contribution in [0.5, 0.6) is 5.75 Å². The SMILES string of the molecule is Cc1ccc(Cl)cc1N(Cc1ccc(C(=O)N/N=C\c2ccc(OC(C)C)cc2)cc1)S(=O)(=O)c1ccccc1. The van der Waals surface area contributed by atoms with Crippen molar-refractivity contribution in [3.05, 3.63) is 124 Å². The summed E-state index contributed by atoms with van der Waals surface area (Å²) < 4.78 is 34.3. The van der Waals surface area contributed by atoms with Crippen LogP contribution in [0.15, 0.2) is 107 Å². The van der Waals surface area contributed by atoms with E-state index in [1.165, 1.54) is 4.31 Å². The van der Waals surface area contributed by atoms with Crippen molar-refractivity contribution in [3.8, 4) is 5.75 Å². The van der Waals surface area contributed by atoms with Crippen LogP contribution in [0.25, 0.3) is 0 Å². The lowest BCUT2D eigenvalue weighted by Gasteiger charge is -2.26. The quantitative estimate of drug-likeness (QED) is 0.170. The number of hydrogen-bond acceptors (Lipinski definition) is 5. The van der Waals surface area contributed by atoms with Crippen LogP contribution in [0.2, 0.25) is 5.02 Å². The summed E-state index contributed by atoms with van der Waals surface area (Å²) in [6.45, 7) is 5.80. The van der Waals surface area contributed by atoms with Crippen molar-refractivity contribution in [2.45, 2.75) is 38.3 Å². The Morgan fingerprint density at radius 2 is 1.65 bits per heavy atom. The number of hydrogen-bond donors (Lipinski definition) is 1. The highest BCUT2D eigenvalue weighted by Gasteiger charge is 2.26. The number of halogens is 1. The van der Waals surface area contributed by atoms with E-state index in [1.807, 2.05) is 45.0 Å². The number of hydrazone groups is 1. The average molecular weight is 576 g/mol. The van der Waals surface area contributed by atoms with E-state index in [1.54, 1.807) is 79.0 Å². The number of nitrogens with one attached hydrogen (secondary N) is 1. The van der Waals surface area contributed by atoms with Gasteiger partial charge in [0.05, 0.1) is 29.4 Å². The molecule has 0 spiro atoms. The van der Waals surface area contributed by atoms with E-state index in [-0.39, 0.29) is 23.5 Å². The second-order valence-electron chi connectivity index (χ2n) is 9.39. The molecular weight excluding hydrogens is 546 g/mol. The Bertz CT molecular complexity index is 1590. The van der Waals surface area contributed by atoms with Crippen LogP contribution in [0.3, 0.4) is 0 Å². The van der Waals surface area contributed by atoms with Gasteiger partial charge in [-0.05, 0) is 98.1 Å². The first-order chi connectivity index (χ1) is 19.1. The highest BCUT2D eigenvalue weighted by atomic mass is 35.5. The third kappa shape index (κ3) is 7.28. The molecule has 9 heteroatoms. The van der Waals surface area contributed by atoms with Crippen molar-refractivity contribution in [1.29, 1.82) is 0 Å². The number of carbonyl (C=O) groups is 1. The molecule has 0 fully saturated rings. The normalized spacial score (nSPS) is 11.5. The van der Waals surface area contributed by atoms with Gasteiger partial charge in [0.2, 0.25) is 0 Å². The number of carbonyl (C=O) groups excluding carboxylic acids is 1. The molecule has 0 aliphatic heterocycles. The molecule has 0 radical (unpaired) electrons. The summed E-state index contributed by atoms with van der Waals surface area (Å²) in [6.07, 6.45) is 1.63. The van der Waals surface area contributed by atoms with Gasteiger partial charge >= 0.3 is 0 Å². The molecule has 0 saturated heterocycles. The summed E-state index contributed by atoms with van der Waals surface area (Å²) in [5, 5.41) is 4.47. The fourth-order valence-electron chi connectivity index (χ4n) is 3.93. The molecule has 40 heavy (non-hydrogen) atoms. The Morgan fingerprint density at radius 3 is 2.30 bits per heavy atom. The molecule has 0 bridgehead atoms. The first kappa shape index (κ1) is 28.9. The molecule has 0 aromatic heterocycles. The van der Waals surface area contributed by atoms with Crippen molar-refractivity contribution >= 4 is 39.4 Å². The van der Waals surface area contributed by atoms with Crippen molar-refractivity contribution in [2.24, 2.45) is 5.10 Å². The zero-order chi connectivity index (χ0) is 28.7. The number of anilines is 1. The van der Waals surface area contributed by atoms with E-state index in [4.69, 9.17) is 16.3 Å². The third-order valence-corrected chi connectivity index (χ3v) is 7.95. The second-order valence-corrected chi connectivity index (χ2v) is 11.7. The van der Waals surface area contributed by atoms with E-state index >= 15 is 0 Å². The predicted octanol–water partition coefficient (Wildman–Crippen LogP) is 6.60. The first-order valence-electron chi connectivity index (χ1n) is 12.7. The number of aryl methyl sites for hydroxylation is 1. The van der Waals surface area contributed by atoms with Crippen LogP contribution in [-0.2, 0) is 16.6 Å². The van der Waals surface area contributed by atoms with Gasteiger partial charge in [0.15, 0.2) is 0 Å². The van der Waals surface area contributed by atoms with E-state index in [9.17, 15) is 13.2 Å². The summed E-state index contributed by atoms with van der Waals surface area (Å²) in [5.74, 6) is 0.374. The van der Waals surface area contributed by atoms with Crippen molar-refractivity contribution in [3.63, 3.8) is 0 Å². The minimum absolute atomic E-state index is 0.0506. The lowest BCUT2D eigenvalue weighted by molar-refractivity contribution is 0.0955. The zero-order valence-corrected chi connectivity index (χ0v) is 24.0. The van der Waals surface area contributed by atoms with Crippen LogP contribution < -0.4 is 14.5 Å². The Kier molecular flexibility index (Phi) is 9.24. The largest absolute Gasteiger partial charge is 0.491 e. The highest BCUT2D eigenvalue weighted by molar-refractivity contribution is 7.92. The zero-order valence-electron chi connectivity index (χ0n) is 22.4. The molecule has 0 aliphatic rings. The molecule has 4 aromatic rings. The molecule has 4 aromatic carbocycles. The molecule has 1 N–H and O–H groups in total. The van der Waals surface area contributed by atoms with Crippen molar-refractivity contribution in [2.75, 3.05) is 4.31 Å². The summed E-state index contributed by atoms with van der Waals surface area (Å²) >= 11 is 6.24. The van der Waals surface area contributed by atoms with E-state index < -0.39 is 10.0 Å². The average Bonchev–Trinajstić information content (AvgIpc) is 2.94. The Labute approximate surface area is 240 Å². The maximum absolute atomic E-state index is 13.7. The molecule has 7 nitrogen and oxygen atoms in total. The predicted molar refractivity (Wildman–Crippen MR) is 160 cm³/mol. The van der Waals surface area contributed by atoms with E-state index in [2.05, 4.69) is 10.5 Å². The molecule has 0 heterocycles. The monoisotopic (exact) mass is 575 g/mol. The Hall–Kier alpha value is -4.14. The van der Waals surface area contributed by atoms with Gasteiger partial charge in [0.25, 0.3) is 15.9 Å². The standard InChI is InChI=1S/C31H30ClN3O4S/c1-22(2)39-28-17-12-24(13-18-28)20-33-34-31(36)26-14-10-25(11-15-26)21-35(30-19-27(32)16-9-23(30)3)40(37,38)29-7-5-4-6-8-29/h4-20,22H,21H2,1-3H3,(H,34,36)/b33-20-. The van der Waals surface area contributed by atoms with Crippen LogP contribution in [0.4, 0.5) is 5.69 Å². The van der Waals surface area contributed by atoms with Crippen molar-refractivity contribution in [1.82, 2.24) is 5.43 Å². The minimum atomic E-state index is -3.90. The Balaban J connectivity index is 1.49. The maximum atomic E-state index is 13.7. The molecule has 0 saturated carbocycles. The highest BCUT2D eigenvalue weighted by Crippen LogP contribution is 2.31. The fraction of sp³-hybridized carbons (Fsp3) is 0.161. The number of nitrogens with zero attached hydrogens (tertiary/aromatic N) is 2. The van der Waals surface area contributed by atoms with Gasteiger partial charge in [0.1, 0.15) is 5.75 Å². The van der Waals surface area contributed by atoms with Crippen LogP contribution in [-0.4, -0.2) is 26.6 Å². The van der Waals surface area contributed by atoms with Gasteiger partial charge in [-0.15, -0.1) is 0 Å². The molecule has 0 aliphatic carbocycles. The van der Waals surface area contributed by atoms with Crippen LogP contribution in [0, 0.1) is 6.92 Å². The molecule has 0 unspecified atom stereocenters. The van der Waals surface area contributed by atoms with Crippen LogP contribution >= 0.6 is 11.6 Å². The number of amides is 1. The van der Waals surface area contributed by atoms with Gasteiger partial charge in [-0.1, -0.05) is 48.0 Å². The molecule has 1 amide bonds. The number of ether oxygens (including phenoxy) is 1. The number of rotatable bonds is 10. The van der Waals surface area contributed by atoms with Crippen molar-refractivity contribution < 1.29 is 17.9 Å². The minimum Gasteiger partial charge on any atom is -0.491 e. The smallest absolute Gasteiger partial charge is 0.271 e. The summed E-state index contributed by atoms with van der Waals surface area (Å²) in [4.78, 5) is 12.8. The Morgan fingerprint density at radius 1 is 0.975 bits per heavy atom. The van der Waals surface area contributed by atoms with Gasteiger partial charge < -0.3 is 4.74 Å². The first-order valence-corrected chi connectivity index (χ1v) is 14.5. The second kappa shape index (κ2) is 12.8. The molecule has 4 rings (SSSR count). The number of benzene rings is 4. The molecular formula is C31H30ClN3O4S. The summed E-state index contributed by atoms with van der Waals surface area (Å²) in [7, 11) is -3.90. The van der Waals surface area contributed by atoms with Crippen LogP contribution in [0.1, 0.15) is 40.9 Å². The van der Waals surface area contributed by atoms with E-state index in [0.29, 0.717) is 21.8 Å². The topological polar surface area (TPSA) is 88.1 Å². The molecule has 0 atom stereocenters. The third-order valence-electron chi connectivity index (χ3n) is 5.94. The molecule has 206 valence electrons. The number of sulfonamides is 1. The summed E-state index contributed by atoms with van der Waals surface area (Å²) in [6, 6.07) is 27.5. The van der Waals surface area contributed by atoms with Gasteiger partial charge in [-0.3, -0.25) is 9.10 Å². The van der Waals surface area contributed by atoms with Gasteiger partial charge in [-0.2, -0.15) is 5.10 Å².